The number of hydrogen-bond acceptors (Lipinski definition) is 4. The van der Waals surface area contributed by atoms with Gasteiger partial charge in [-0.1, -0.05) is 41.4 Å². The van der Waals surface area contributed by atoms with E-state index in [1.165, 1.54) is 18.2 Å². The van der Waals surface area contributed by atoms with Crippen molar-refractivity contribution in [3.05, 3.63) is 75.8 Å². The number of nitrogens with zero attached hydrogens (tertiary/aromatic N) is 1. The summed E-state index contributed by atoms with van der Waals surface area (Å²) in [6.07, 6.45) is 0.352. The van der Waals surface area contributed by atoms with Gasteiger partial charge in [-0.3, -0.25) is 4.79 Å². The average molecular weight is 494 g/mol. The SMILES string of the molecule is O=C(COc1cc(Cl)c(Cc2ccc(O)c(-c3cccc(OC(F)F)c3)c2)c(Cl)c1)N1CC1. The Bertz CT molecular complexity index is 1160. The monoisotopic (exact) mass is 493 g/mol. The van der Waals surface area contributed by atoms with Crippen LogP contribution in [0, 0.1) is 0 Å². The number of phenols is 1. The lowest BCUT2D eigenvalue weighted by Crippen LogP contribution is -2.19. The second-order valence-corrected chi connectivity index (χ2v) is 8.28. The molecule has 0 bridgehead atoms. The molecule has 1 aliphatic heterocycles. The number of alkyl halides is 2. The third kappa shape index (κ3) is 5.86. The van der Waals surface area contributed by atoms with Crippen LogP contribution < -0.4 is 9.47 Å². The van der Waals surface area contributed by atoms with E-state index in [0.717, 1.165) is 18.7 Å². The molecule has 1 heterocycles. The van der Waals surface area contributed by atoms with E-state index >= 15 is 0 Å². The highest BCUT2D eigenvalue weighted by Gasteiger charge is 2.24. The smallest absolute Gasteiger partial charge is 0.387 e. The summed E-state index contributed by atoms with van der Waals surface area (Å²) in [4.78, 5) is 13.4. The fraction of sp³-hybridized carbons (Fsp3) is 0.208. The van der Waals surface area contributed by atoms with E-state index in [1.54, 1.807) is 41.3 Å². The van der Waals surface area contributed by atoms with Crippen molar-refractivity contribution < 1.29 is 28.2 Å². The number of hydrogen-bond donors (Lipinski definition) is 1. The van der Waals surface area contributed by atoms with Gasteiger partial charge in [-0.2, -0.15) is 8.78 Å². The summed E-state index contributed by atoms with van der Waals surface area (Å²) in [7, 11) is 0. The van der Waals surface area contributed by atoms with Crippen molar-refractivity contribution in [1.29, 1.82) is 0 Å². The van der Waals surface area contributed by atoms with Gasteiger partial charge < -0.3 is 19.5 Å². The maximum absolute atomic E-state index is 12.5. The van der Waals surface area contributed by atoms with Crippen LogP contribution in [0.2, 0.25) is 10.0 Å². The molecule has 9 heteroatoms. The van der Waals surface area contributed by atoms with E-state index in [0.29, 0.717) is 38.9 Å². The summed E-state index contributed by atoms with van der Waals surface area (Å²) in [5.74, 6) is 0.285. The number of halogens is 4. The van der Waals surface area contributed by atoms with Crippen LogP contribution in [0.15, 0.2) is 54.6 Å². The highest BCUT2D eigenvalue weighted by molar-refractivity contribution is 6.36. The van der Waals surface area contributed by atoms with Gasteiger partial charge >= 0.3 is 6.61 Å². The van der Waals surface area contributed by atoms with Gasteiger partial charge in [-0.05, 0) is 53.1 Å². The number of aromatic hydroxyl groups is 1. The number of benzene rings is 3. The van der Waals surface area contributed by atoms with Gasteiger partial charge in [0.15, 0.2) is 6.61 Å². The van der Waals surface area contributed by atoms with Gasteiger partial charge in [0.1, 0.15) is 17.2 Å². The third-order valence-electron chi connectivity index (χ3n) is 5.09. The molecule has 172 valence electrons. The molecule has 3 aromatic carbocycles. The van der Waals surface area contributed by atoms with Crippen LogP contribution in [0.25, 0.3) is 11.1 Å². The van der Waals surface area contributed by atoms with Crippen LogP contribution in [0.4, 0.5) is 8.78 Å². The molecule has 0 spiro atoms. The molecule has 0 aromatic heterocycles. The maximum atomic E-state index is 12.5. The molecular formula is C24H19Cl2F2NO4. The summed E-state index contributed by atoms with van der Waals surface area (Å²) < 4.78 is 35.1. The van der Waals surface area contributed by atoms with Gasteiger partial charge in [-0.25, -0.2) is 0 Å². The Morgan fingerprint density at radius 1 is 1.03 bits per heavy atom. The number of rotatable bonds is 8. The van der Waals surface area contributed by atoms with E-state index in [1.807, 2.05) is 0 Å². The molecule has 33 heavy (non-hydrogen) atoms. The van der Waals surface area contributed by atoms with Gasteiger partial charge in [0.25, 0.3) is 5.91 Å². The normalized spacial score (nSPS) is 12.7. The third-order valence-corrected chi connectivity index (χ3v) is 5.76. The molecule has 3 aromatic rings. The molecular weight excluding hydrogens is 475 g/mol. The van der Waals surface area contributed by atoms with Crippen LogP contribution in [0.1, 0.15) is 11.1 Å². The lowest BCUT2D eigenvalue weighted by atomic mass is 9.98. The number of amides is 1. The molecule has 0 radical (unpaired) electrons. The minimum atomic E-state index is -2.94. The second kappa shape index (κ2) is 9.85. The zero-order valence-corrected chi connectivity index (χ0v) is 18.7. The van der Waals surface area contributed by atoms with Crippen LogP contribution in [-0.4, -0.2) is 42.2 Å². The molecule has 0 unspecified atom stereocenters. The first-order valence-electron chi connectivity index (χ1n) is 10.1. The predicted molar refractivity (Wildman–Crippen MR) is 122 cm³/mol. The number of carbonyl (C=O) groups excluding carboxylic acids is 1. The lowest BCUT2D eigenvalue weighted by Gasteiger charge is -2.13. The molecule has 1 saturated heterocycles. The van der Waals surface area contributed by atoms with Crippen molar-refractivity contribution in [3.8, 4) is 28.4 Å². The first-order valence-corrected chi connectivity index (χ1v) is 10.8. The van der Waals surface area contributed by atoms with E-state index in [2.05, 4.69) is 4.74 Å². The second-order valence-electron chi connectivity index (χ2n) is 7.47. The van der Waals surface area contributed by atoms with E-state index in [-0.39, 0.29) is 24.0 Å². The highest BCUT2D eigenvalue weighted by Crippen LogP contribution is 2.36. The minimum Gasteiger partial charge on any atom is -0.507 e. The molecule has 4 rings (SSSR count). The Morgan fingerprint density at radius 2 is 1.76 bits per heavy atom. The highest BCUT2D eigenvalue weighted by atomic mass is 35.5. The quantitative estimate of drug-likeness (QED) is 0.404. The first kappa shape index (κ1) is 23.1. The molecule has 0 atom stereocenters. The van der Waals surface area contributed by atoms with Crippen molar-refractivity contribution in [2.45, 2.75) is 13.0 Å². The van der Waals surface area contributed by atoms with Crippen LogP contribution in [0.3, 0.4) is 0 Å². The topological polar surface area (TPSA) is 58.8 Å². The average Bonchev–Trinajstić information content (AvgIpc) is 3.61. The standard InChI is InChI=1S/C24H19Cl2F2NO4/c25-20-11-17(32-13-23(31)29-6-7-29)12-21(26)19(20)9-14-4-5-22(30)18(8-14)15-2-1-3-16(10-15)33-24(27)28/h1-5,8,10-12,24,30H,6-7,9,13H2. The zero-order valence-electron chi connectivity index (χ0n) is 17.2. The van der Waals surface area contributed by atoms with Crippen molar-refractivity contribution in [2.24, 2.45) is 0 Å². The zero-order chi connectivity index (χ0) is 23.5. The molecule has 5 nitrogen and oxygen atoms in total. The van der Waals surface area contributed by atoms with E-state index in [4.69, 9.17) is 27.9 Å². The fourth-order valence-electron chi connectivity index (χ4n) is 3.34. The van der Waals surface area contributed by atoms with Crippen molar-refractivity contribution >= 4 is 29.1 Å². The van der Waals surface area contributed by atoms with Gasteiger partial charge in [-0.15, -0.1) is 0 Å². The molecule has 0 saturated carbocycles. The van der Waals surface area contributed by atoms with Gasteiger partial charge in [0.05, 0.1) is 0 Å². The summed E-state index contributed by atoms with van der Waals surface area (Å²) in [6, 6.07) is 14.3. The molecule has 0 aliphatic carbocycles. The first-order chi connectivity index (χ1) is 15.8. The van der Waals surface area contributed by atoms with Crippen molar-refractivity contribution in [2.75, 3.05) is 19.7 Å². The van der Waals surface area contributed by atoms with Crippen LogP contribution in [0.5, 0.6) is 17.2 Å². The number of phenolic OH excluding ortho intramolecular Hbond substituents is 1. The Morgan fingerprint density at radius 3 is 2.42 bits per heavy atom. The Hall–Kier alpha value is -3.03. The van der Waals surface area contributed by atoms with E-state index in [9.17, 15) is 18.7 Å². The summed E-state index contributed by atoms with van der Waals surface area (Å²) in [5, 5.41) is 11.1. The largest absolute Gasteiger partial charge is 0.507 e. The maximum Gasteiger partial charge on any atom is 0.387 e. The summed E-state index contributed by atoms with van der Waals surface area (Å²) in [5.41, 5.74) is 2.41. The van der Waals surface area contributed by atoms with E-state index < -0.39 is 6.61 Å². The Balaban J connectivity index is 1.54. The summed E-state index contributed by atoms with van der Waals surface area (Å²) in [6.45, 7) is -1.52. The summed E-state index contributed by atoms with van der Waals surface area (Å²) >= 11 is 12.9. The lowest BCUT2D eigenvalue weighted by molar-refractivity contribution is -0.127. The number of ether oxygens (including phenoxy) is 2. The molecule has 1 aliphatic rings. The molecule has 1 N–H and O–H groups in total. The molecule has 1 amide bonds. The van der Waals surface area contributed by atoms with Crippen LogP contribution >= 0.6 is 23.2 Å². The fourth-order valence-corrected chi connectivity index (χ4v) is 3.94. The van der Waals surface area contributed by atoms with Crippen LogP contribution in [-0.2, 0) is 11.2 Å². The Labute approximate surface area is 199 Å². The van der Waals surface area contributed by atoms with Gasteiger partial charge in [0, 0.05) is 35.1 Å². The molecule has 1 fully saturated rings. The minimum absolute atomic E-state index is 0.00838. The number of carbonyl (C=O) groups is 1. The van der Waals surface area contributed by atoms with Gasteiger partial charge in [0.2, 0.25) is 0 Å². The van der Waals surface area contributed by atoms with Crippen molar-refractivity contribution in [3.63, 3.8) is 0 Å². The Kier molecular flexibility index (Phi) is 6.91. The predicted octanol–water partition coefficient (Wildman–Crippen LogP) is 5.78. The van der Waals surface area contributed by atoms with Crippen molar-refractivity contribution in [1.82, 2.24) is 4.90 Å².